The van der Waals surface area contributed by atoms with E-state index < -0.39 is 11.8 Å². The van der Waals surface area contributed by atoms with E-state index in [1.807, 2.05) is 0 Å². The summed E-state index contributed by atoms with van der Waals surface area (Å²) in [7, 11) is 0. The predicted molar refractivity (Wildman–Crippen MR) is 70.5 cm³/mol. The molecule has 0 atom stereocenters. The molecule has 1 N–H and O–H groups in total. The van der Waals surface area contributed by atoms with Crippen LogP contribution in [0.1, 0.15) is 24.8 Å². The summed E-state index contributed by atoms with van der Waals surface area (Å²) in [5.74, 6) is -1.61. The van der Waals surface area contributed by atoms with Gasteiger partial charge in [-0.3, -0.25) is 0 Å². The van der Waals surface area contributed by atoms with Crippen LogP contribution >= 0.6 is 0 Å². The molecular weight excluding hydrogens is 261 g/mol. The van der Waals surface area contributed by atoms with Gasteiger partial charge in [0.1, 0.15) is 0 Å². The second-order valence-electron chi connectivity index (χ2n) is 4.95. The lowest BCUT2D eigenvalue weighted by atomic mass is 10.1. The van der Waals surface area contributed by atoms with Crippen LogP contribution in [-0.2, 0) is 4.79 Å². The van der Waals surface area contributed by atoms with Crippen molar-refractivity contribution in [2.45, 2.75) is 19.3 Å². The molecule has 0 heterocycles. The van der Waals surface area contributed by atoms with Gasteiger partial charge in [-0.25, -0.2) is 9.18 Å². The minimum Gasteiger partial charge on any atom is -0.489 e. The fourth-order valence-electron chi connectivity index (χ4n) is 1.91. The van der Waals surface area contributed by atoms with Crippen molar-refractivity contribution in [3.8, 4) is 11.8 Å². The van der Waals surface area contributed by atoms with Crippen molar-refractivity contribution >= 4 is 12.0 Å². The van der Waals surface area contributed by atoms with E-state index in [1.54, 1.807) is 6.07 Å². The van der Waals surface area contributed by atoms with Crippen molar-refractivity contribution in [2.24, 2.45) is 5.41 Å². The zero-order valence-corrected chi connectivity index (χ0v) is 10.8. The van der Waals surface area contributed by atoms with Crippen molar-refractivity contribution < 1.29 is 19.0 Å². The number of para-hydroxylation sites is 1. The molecule has 5 heteroatoms. The maximum atomic E-state index is 13.8. The van der Waals surface area contributed by atoms with Crippen LogP contribution in [0.15, 0.2) is 24.3 Å². The Morgan fingerprint density at radius 3 is 2.90 bits per heavy atom. The Morgan fingerprint density at radius 2 is 2.30 bits per heavy atom. The van der Waals surface area contributed by atoms with Gasteiger partial charge in [0.15, 0.2) is 11.6 Å². The van der Waals surface area contributed by atoms with E-state index in [0.717, 1.165) is 18.9 Å². The Balaban J connectivity index is 2.14. The highest BCUT2D eigenvalue weighted by Gasteiger charge is 2.43. The summed E-state index contributed by atoms with van der Waals surface area (Å²) in [6.45, 7) is 0.273. The smallest absolute Gasteiger partial charge is 0.328 e. The van der Waals surface area contributed by atoms with Crippen molar-refractivity contribution in [2.75, 3.05) is 6.61 Å². The Labute approximate surface area is 116 Å². The normalized spacial score (nSPS) is 15.8. The summed E-state index contributed by atoms with van der Waals surface area (Å²) in [5.41, 5.74) is 0.213. The topological polar surface area (TPSA) is 70.3 Å². The lowest BCUT2D eigenvalue weighted by Gasteiger charge is -2.15. The van der Waals surface area contributed by atoms with Gasteiger partial charge in [0, 0.05) is 23.5 Å². The number of carbonyl (C=O) groups is 1. The Kier molecular flexibility index (Phi) is 4.04. The molecule has 1 aliphatic rings. The average molecular weight is 275 g/mol. The largest absolute Gasteiger partial charge is 0.489 e. The second kappa shape index (κ2) is 5.74. The number of ether oxygens (including phenoxy) is 1. The first kappa shape index (κ1) is 14.1. The lowest BCUT2D eigenvalue weighted by molar-refractivity contribution is -0.131. The molecule has 0 unspecified atom stereocenters. The van der Waals surface area contributed by atoms with Gasteiger partial charge in [-0.1, -0.05) is 12.1 Å². The third kappa shape index (κ3) is 3.35. The summed E-state index contributed by atoms with van der Waals surface area (Å²) in [4.78, 5) is 10.5. The predicted octanol–water partition coefficient (Wildman–Crippen LogP) is 3.00. The number of halogens is 1. The van der Waals surface area contributed by atoms with Gasteiger partial charge >= 0.3 is 5.97 Å². The van der Waals surface area contributed by atoms with Gasteiger partial charge < -0.3 is 9.84 Å². The standard InChI is InChI=1S/C15H14FNO3/c16-12-3-1-2-11(4-5-13(18)19)14(12)20-10-15(6-7-15)8-9-17/h1-5H,6-8,10H2,(H,18,19)/b5-4+. The van der Waals surface area contributed by atoms with E-state index in [2.05, 4.69) is 6.07 Å². The van der Waals surface area contributed by atoms with Crippen molar-refractivity contribution in [3.63, 3.8) is 0 Å². The monoisotopic (exact) mass is 275 g/mol. The minimum atomic E-state index is -1.11. The maximum Gasteiger partial charge on any atom is 0.328 e. The number of carboxylic acids is 1. The fourth-order valence-corrected chi connectivity index (χ4v) is 1.91. The van der Waals surface area contributed by atoms with Crippen LogP contribution in [-0.4, -0.2) is 17.7 Å². The van der Waals surface area contributed by atoms with Crippen molar-refractivity contribution in [1.29, 1.82) is 5.26 Å². The zero-order valence-electron chi connectivity index (χ0n) is 10.8. The van der Waals surface area contributed by atoms with Crippen LogP contribution in [0, 0.1) is 22.6 Å². The Bertz CT molecular complexity index is 585. The molecule has 0 spiro atoms. The van der Waals surface area contributed by atoms with Crippen LogP contribution in [0.25, 0.3) is 6.08 Å². The van der Waals surface area contributed by atoms with Crippen LogP contribution in [0.3, 0.4) is 0 Å². The average Bonchev–Trinajstić information content (AvgIpc) is 3.16. The number of rotatable bonds is 6. The summed E-state index contributed by atoms with van der Waals surface area (Å²) >= 11 is 0. The third-order valence-corrected chi connectivity index (χ3v) is 3.34. The second-order valence-corrected chi connectivity index (χ2v) is 4.95. The summed E-state index contributed by atoms with van der Waals surface area (Å²) in [6, 6.07) is 6.45. The molecule has 1 saturated carbocycles. The van der Waals surface area contributed by atoms with E-state index in [1.165, 1.54) is 18.2 Å². The fraction of sp³-hybridized carbons (Fsp3) is 0.333. The number of hydrogen-bond acceptors (Lipinski definition) is 3. The van der Waals surface area contributed by atoms with E-state index in [4.69, 9.17) is 15.1 Å². The van der Waals surface area contributed by atoms with E-state index in [-0.39, 0.29) is 17.8 Å². The molecule has 0 bridgehead atoms. The van der Waals surface area contributed by atoms with Gasteiger partial charge in [-0.2, -0.15) is 5.26 Å². The molecular formula is C15H14FNO3. The SMILES string of the molecule is N#CCC1(COc2c(F)cccc2/C=C/C(=O)O)CC1. The van der Waals surface area contributed by atoms with Crippen LogP contribution in [0.4, 0.5) is 4.39 Å². The molecule has 0 saturated heterocycles. The van der Waals surface area contributed by atoms with E-state index in [0.29, 0.717) is 12.0 Å². The molecule has 2 rings (SSSR count). The molecule has 0 aromatic heterocycles. The Morgan fingerprint density at radius 1 is 1.55 bits per heavy atom. The molecule has 0 amide bonds. The van der Waals surface area contributed by atoms with E-state index >= 15 is 0 Å². The van der Waals surface area contributed by atoms with Gasteiger partial charge in [0.05, 0.1) is 12.7 Å². The number of aliphatic carboxylic acids is 1. The molecule has 1 aromatic rings. The Hall–Kier alpha value is -2.35. The number of nitrogens with zero attached hydrogens (tertiary/aromatic N) is 1. The summed E-state index contributed by atoms with van der Waals surface area (Å²) in [6.07, 6.45) is 4.42. The van der Waals surface area contributed by atoms with E-state index in [9.17, 15) is 9.18 Å². The van der Waals surface area contributed by atoms with Gasteiger partial charge in [0.2, 0.25) is 0 Å². The van der Waals surface area contributed by atoms with Crippen LogP contribution < -0.4 is 4.74 Å². The first-order chi connectivity index (χ1) is 9.56. The number of hydrogen-bond donors (Lipinski definition) is 1. The molecule has 4 nitrogen and oxygen atoms in total. The maximum absolute atomic E-state index is 13.8. The van der Waals surface area contributed by atoms with Gasteiger partial charge in [-0.05, 0) is 25.0 Å². The molecule has 104 valence electrons. The molecule has 1 fully saturated rings. The highest BCUT2D eigenvalue weighted by molar-refractivity contribution is 5.85. The highest BCUT2D eigenvalue weighted by Crippen LogP contribution is 2.49. The number of carboxylic acid groups (broad SMARTS) is 1. The molecule has 20 heavy (non-hydrogen) atoms. The zero-order chi connectivity index (χ0) is 14.6. The molecule has 1 aliphatic carbocycles. The van der Waals surface area contributed by atoms with Crippen LogP contribution in [0.5, 0.6) is 5.75 Å². The molecule has 0 radical (unpaired) electrons. The molecule has 1 aromatic carbocycles. The first-order valence-corrected chi connectivity index (χ1v) is 6.26. The summed E-state index contributed by atoms with van der Waals surface area (Å²) in [5, 5.41) is 17.4. The third-order valence-electron chi connectivity index (χ3n) is 3.34. The lowest BCUT2D eigenvalue weighted by Crippen LogP contribution is -2.13. The number of benzene rings is 1. The van der Waals surface area contributed by atoms with Gasteiger partial charge in [0.25, 0.3) is 0 Å². The van der Waals surface area contributed by atoms with Crippen molar-refractivity contribution in [1.82, 2.24) is 0 Å². The first-order valence-electron chi connectivity index (χ1n) is 6.26. The highest BCUT2D eigenvalue weighted by atomic mass is 19.1. The minimum absolute atomic E-state index is 0.0363. The van der Waals surface area contributed by atoms with Gasteiger partial charge in [-0.15, -0.1) is 0 Å². The number of nitriles is 1. The van der Waals surface area contributed by atoms with Crippen LogP contribution in [0.2, 0.25) is 0 Å². The quantitative estimate of drug-likeness (QED) is 0.810. The molecule has 0 aliphatic heterocycles. The summed E-state index contributed by atoms with van der Waals surface area (Å²) < 4.78 is 19.3. The van der Waals surface area contributed by atoms with Crippen molar-refractivity contribution in [3.05, 3.63) is 35.7 Å².